The molecule has 1 unspecified atom stereocenters. The van der Waals surface area contributed by atoms with Crippen LogP contribution in [0.5, 0.6) is 0 Å². The summed E-state index contributed by atoms with van der Waals surface area (Å²) in [5, 5.41) is 9.86. The number of fused-ring (bicyclic) bond motifs is 1. The molecule has 0 amide bonds. The van der Waals surface area contributed by atoms with Crippen LogP contribution in [0, 0.1) is 11.3 Å². The Morgan fingerprint density at radius 3 is 2.94 bits per heavy atom. The van der Waals surface area contributed by atoms with Crippen molar-refractivity contribution in [1.82, 2.24) is 0 Å². The number of hydrogen-bond donors (Lipinski definition) is 0. The minimum Gasteiger partial charge on any atom is -0.466 e. The Labute approximate surface area is 110 Å². The average Bonchev–Trinajstić information content (AvgIpc) is 2.80. The predicted octanol–water partition coefficient (Wildman–Crippen LogP) is 3.44. The second-order valence-corrected chi connectivity index (χ2v) is 5.10. The normalized spacial score (nSPS) is 12.1. The Kier molecular flexibility index (Phi) is 3.63. The van der Waals surface area contributed by atoms with Crippen molar-refractivity contribution >= 4 is 27.4 Å². The van der Waals surface area contributed by atoms with Crippen molar-refractivity contribution in [2.24, 2.45) is 0 Å². The lowest BCUT2D eigenvalue weighted by Crippen LogP contribution is -2.11. The van der Waals surface area contributed by atoms with Crippen LogP contribution in [0.3, 0.4) is 0 Å². The summed E-state index contributed by atoms with van der Waals surface area (Å²) in [4.78, 5) is 12.6. The molecule has 0 N–H and O–H groups in total. The fourth-order valence-electron chi connectivity index (χ4n) is 1.73. The molecule has 0 saturated heterocycles. The molecule has 0 aliphatic carbocycles. The molecule has 1 aromatic heterocycles. The van der Waals surface area contributed by atoms with E-state index in [2.05, 4.69) is 6.07 Å². The van der Waals surface area contributed by atoms with E-state index in [0.717, 1.165) is 15.0 Å². The first kappa shape index (κ1) is 12.6. The highest BCUT2D eigenvalue weighted by molar-refractivity contribution is 7.19. The molecule has 2 aromatic rings. The number of nitriles is 1. The van der Waals surface area contributed by atoms with Gasteiger partial charge in [-0.2, -0.15) is 5.26 Å². The predicted molar refractivity (Wildman–Crippen MR) is 71.6 cm³/mol. The lowest BCUT2D eigenvalue weighted by Gasteiger charge is -2.07. The third-order valence-electron chi connectivity index (χ3n) is 2.73. The monoisotopic (exact) mass is 259 g/mol. The van der Waals surface area contributed by atoms with Crippen molar-refractivity contribution < 1.29 is 9.53 Å². The van der Waals surface area contributed by atoms with Gasteiger partial charge in [0, 0.05) is 9.58 Å². The highest BCUT2D eigenvalue weighted by Gasteiger charge is 2.18. The molecule has 1 atom stereocenters. The molecule has 1 aromatic carbocycles. The zero-order valence-electron chi connectivity index (χ0n) is 10.3. The Bertz CT molecular complexity index is 624. The van der Waals surface area contributed by atoms with Crippen LogP contribution in [0.2, 0.25) is 0 Å². The first-order chi connectivity index (χ1) is 8.65. The smallest absolute Gasteiger partial charge is 0.313 e. The van der Waals surface area contributed by atoms with Crippen LogP contribution >= 0.6 is 11.3 Å². The molecule has 4 heteroatoms. The summed E-state index contributed by atoms with van der Waals surface area (Å²) >= 11 is 1.57. The standard InChI is InChI=1S/C14H13NO2S/c1-3-17-14(16)9(2)13-7-11-6-10(8-15)4-5-12(11)18-13/h4-7,9H,3H2,1-2H3. The first-order valence-electron chi connectivity index (χ1n) is 5.76. The highest BCUT2D eigenvalue weighted by Crippen LogP contribution is 2.32. The molecule has 18 heavy (non-hydrogen) atoms. The summed E-state index contributed by atoms with van der Waals surface area (Å²) in [5.74, 6) is -0.461. The Morgan fingerprint density at radius 2 is 2.28 bits per heavy atom. The van der Waals surface area contributed by atoms with E-state index < -0.39 is 0 Å². The van der Waals surface area contributed by atoms with Crippen molar-refractivity contribution in [2.45, 2.75) is 19.8 Å². The number of rotatable bonds is 3. The van der Waals surface area contributed by atoms with Gasteiger partial charge in [-0.15, -0.1) is 11.3 Å². The molecule has 92 valence electrons. The summed E-state index contributed by atoms with van der Waals surface area (Å²) in [6.45, 7) is 4.04. The number of carbonyl (C=O) groups excluding carboxylic acids is 1. The van der Waals surface area contributed by atoms with Gasteiger partial charge in [0.2, 0.25) is 0 Å². The minimum absolute atomic E-state index is 0.204. The summed E-state index contributed by atoms with van der Waals surface area (Å²) in [7, 11) is 0. The van der Waals surface area contributed by atoms with E-state index in [9.17, 15) is 4.79 Å². The highest BCUT2D eigenvalue weighted by atomic mass is 32.1. The zero-order valence-corrected chi connectivity index (χ0v) is 11.1. The second-order valence-electron chi connectivity index (χ2n) is 3.99. The van der Waals surface area contributed by atoms with Gasteiger partial charge in [0.15, 0.2) is 0 Å². The van der Waals surface area contributed by atoms with Crippen LogP contribution in [0.25, 0.3) is 10.1 Å². The molecule has 1 heterocycles. The molecular weight excluding hydrogens is 246 g/mol. The van der Waals surface area contributed by atoms with Gasteiger partial charge in [0.1, 0.15) is 0 Å². The van der Waals surface area contributed by atoms with Gasteiger partial charge in [0.05, 0.1) is 24.2 Å². The molecule has 0 radical (unpaired) electrons. The van der Waals surface area contributed by atoms with Crippen LogP contribution in [0.4, 0.5) is 0 Å². The Balaban J connectivity index is 2.35. The molecule has 0 spiro atoms. The number of thiophene rings is 1. The van der Waals surface area contributed by atoms with Crippen molar-refractivity contribution in [3.63, 3.8) is 0 Å². The van der Waals surface area contributed by atoms with E-state index >= 15 is 0 Å². The molecule has 0 bridgehead atoms. The van der Waals surface area contributed by atoms with Crippen molar-refractivity contribution in [2.75, 3.05) is 6.61 Å². The van der Waals surface area contributed by atoms with Gasteiger partial charge in [-0.25, -0.2) is 0 Å². The fourth-order valence-corrected chi connectivity index (χ4v) is 2.81. The SMILES string of the molecule is CCOC(=O)C(C)c1cc2cc(C#N)ccc2s1. The lowest BCUT2D eigenvalue weighted by molar-refractivity contribution is -0.144. The molecule has 2 rings (SSSR count). The molecule has 3 nitrogen and oxygen atoms in total. The van der Waals surface area contributed by atoms with Crippen LogP contribution in [-0.2, 0) is 9.53 Å². The molecule has 0 saturated carbocycles. The summed E-state index contributed by atoms with van der Waals surface area (Å²) < 4.78 is 6.10. The van der Waals surface area contributed by atoms with Gasteiger partial charge < -0.3 is 4.74 Å². The number of hydrogen-bond acceptors (Lipinski definition) is 4. The maximum absolute atomic E-state index is 11.7. The molecule has 0 aliphatic rings. The van der Waals surface area contributed by atoms with Gasteiger partial charge in [-0.3, -0.25) is 4.79 Å². The maximum atomic E-state index is 11.7. The van der Waals surface area contributed by atoms with Gasteiger partial charge in [0.25, 0.3) is 0 Å². The van der Waals surface area contributed by atoms with Crippen molar-refractivity contribution in [1.29, 1.82) is 5.26 Å². The number of nitrogens with zero attached hydrogens (tertiary/aromatic N) is 1. The van der Waals surface area contributed by atoms with Gasteiger partial charge in [-0.05, 0) is 43.5 Å². The molecule has 0 aliphatic heterocycles. The number of ether oxygens (including phenoxy) is 1. The number of benzene rings is 1. The van der Waals surface area contributed by atoms with Crippen LogP contribution in [0.1, 0.15) is 30.2 Å². The Hall–Kier alpha value is -1.86. The first-order valence-corrected chi connectivity index (χ1v) is 6.57. The lowest BCUT2D eigenvalue weighted by atomic mass is 10.1. The Morgan fingerprint density at radius 1 is 1.50 bits per heavy atom. The summed E-state index contributed by atoms with van der Waals surface area (Å²) in [6.07, 6.45) is 0. The number of esters is 1. The van der Waals surface area contributed by atoms with E-state index in [0.29, 0.717) is 12.2 Å². The second kappa shape index (κ2) is 5.19. The number of carbonyl (C=O) groups is 1. The van der Waals surface area contributed by atoms with Crippen LogP contribution in [0.15, 0.2) is 24.3 Å². The average molecular weight is 259 g/mol. The zero-order chi connectivity index (χ0) is 13.1. The van der Waals surface area contributed by atoms with E-state index in [1.807, 2.05) is 25.1 Å². The van der Waals surface area contributed by atoms with Crippen molar-refractivity contribution in [3.8, 4) is 6.07 Å². The van der Waals surface area contributed by atoms with Gasteiger partial charge >= 0.3 is 5.97 Å². The summed E-state index contributed by atoms with van der Waals surface area (Å²) in [6, 6.07) is 9.62. The fraction of sp³-hybridized carbons (Fsp3) is 0.286. The summed E-state index contributed by atoms with van der Waals surface area (Å²) in [5.41, 5.74) is 0.635. The van der Waals surface area contributed by atoms with E-state index in [1.54, 1.807) is 24.3 Å². The molecule has 0 fully saturated rings. The van der Waals surface area contributed by atoms with E-state index in [1.165, 1.54) is 0 Å². The van der Waals surface area contributed by atoms with E-state index in [-0.39, 0.29) is 11.9 Å². The maximum Gasteiger partial charge on any atom is 0.313 e. The van der Waals surface area contributed by atoms with E-state index in [4.69, 9.17) is 10.00 Å². The van der Waals surface area contributed by atoms with Gasteiger partial charge in [-0.1, -0.05) is 0 Å². The van der Waals surface area contributed by atoms with Crippen LogP contribution in [-0.4, -0.2) is 12.6 Å². The topological polar surface area (TPSA) is 50.1 Å². The third-order valence-corrected chi connectivity index (χ3v) is 4.03. The molecular formula is C14H13NO2S. The quantitative estimate of drug-likeness (QED) is 0.793. The van der Waals surface area contributed by atoms with Crippen LogP contribution < -0.4 is 0 Å². The minimum atomic E-state index is -0.257. The largest absolute Gasteiger partial charge is 0.466 e. The van der Waals surface area contributed by atoms with Crippen molar-refractivity contribution in [3.05, 3.63) is 34.7 Å². The third kappa shape index (κ3) is 2.36.